The molecule has 2 heterocycles. The fraction of sp³-hybridized carbons (Fsp3) is 0.300. The fourth-order valence-electron chi connectivity index (χ4n) is 4.15. The van der Waals surface area contributed by atoms with Gasteiger partial charge in [0.1, 0.15) is 6.61 Å². The Labute approximate surface area is 141 Å². The van der Waals surface area contributed by atoms with Crippen molar-refractivity contribution in [2.75, 3.05) is 6.61 Å². The Bertz CT molecular complexity index is 774. The van der Waals surface area contributed by atoms with Gasteiger partial charge >= 0.3 is 5.97 Å². The van der Waals surface area contributed by atoms with Crippen LogP contribution in [0.3, 0.4) is 0 Å². The quantitative estimate of drug-likeness (QED) is 0.799. The van der Waals surface area contributed by atoms with E-state index in [0.29, 0.717) is 6.42 Å². The van der Waals surface area contributed by atoms with Crippen LogP contribution in [-0.2, 0) is 19.9 Å². The molecule has 0 unspecified atom stereocenters. The van der Waals surface area contributed by atoms with Gasteiger partial charge in [-0.2, -0.15) is 0 Å². The van der Waals surface area contributed by atoms with E-state index >= 15 is 0 Å². The first-order valence-corrected chi connectivity index (χ1v) is 8.25. The van der Waals surface area contributed by atoms with Crippen LogP contribution in [-0.4, -0.2) is 23.4 Å². The van der Waals surface area contributed by atoms with E-state index in [0.717, 1.165) is 11.1 Å². The first-order valence-electron chi connectivity index (χ1n) is 8.25. The van der Waals surface area contributed by atoms with Crippen molar-refractivity contribution in [3.63, 3.8) is 0 Å². The third-order valence-electron chi connectivity index (χ3n) is 5.24. The van der Waals surface area contributed by atoms with E-state index in [9.17, 15) is 9.59 Å². The predicted octanol–water partition coefficient (Wildman–Crippen LogP) is 3.05. The molecule has 2 aliphatic heterocycles. The van der Waals surface area contributed by atoms with E-state index < -0.39 is 5.54 Å². The average molecular weight is 321 g/mol. The lowest BCUT2D eigenvalue weighted by atomic mass is 9.78. The molecule has 2 aromatic rings. The van der Waals surface area contributed by atoms with Gasteiger partial charge in [0.15, 0.2) is 5.54 Å². The third kappa shape index (κ3) is 1.92. The van der Waals surface area contributed by atoms with Crippen molar-refractivity contribution >= 4 is 11.9 Å². The number of hydrogen-bond donors (Lipinski definition) is 0. The second-order valence-electron chi connectivity index (χ2n) is 6.53. The molecule has 0 aliphatic carbocycles. The second-order valence-corrected chi connectivity index (χ2v) is 6.53. The lowest BCUT2D eigenvalue weighted by molar-refractivity contribution is -0.180. The summed E-state index contributed by atoms with van der Waals surface area (Å²) in [5, 5.41) is 0. The van der Waals surface area contributed by atoms with E-state index in [1.54, 1.807) is 4.90 Å². The van der Waals surface area contributed by atoms with E-state index in [1.165, 1.54) is 0 Å². The van der Waals surface area contributed by atoms with E-state index in [-0.39, 0.29) is 30.4 Å². The largest absolute Gasteiger partial charge is 0.461 e. The lowest BCUT2D eigenvalue weighted by Crippen LogP contribution is -2.58. The Kier molecular flexibility index (Phi) is 3.41. The van der Waals surface area contributed by atoms with Crippen molar-refractivity contribution in [2.24, 2.45) is 5.92 Å². The smallest absolute Gasteiger partial charge is 0.337 e. The van der Waals surface area contributed by atoms with Gasteiger partial charge in [-0.1, -0.05) is 67.6 Å². The molecule has 2 aliphatic rings. The highest BCUT2D eigenvalue weighted by Gasteiger charge is 2.62. The first-order chi connectivity index (χ1) is 11.7. The fourth-order valence-corrected chi connectivity index (χ4v) is 4.15. The van der Waals surface area contributed by atoms with Gasteiger partial charge in [-0.05, 0) is 11.1 Å². The Morgan fingerprint density at radius 1 is 1.00 bits per heavy atom. The zero-order valence-corrected chi connectivity index (χ0v) is 13.5. The zero-order valence-electron chi connectivity index (χ0n) is 13.5. The Balaban J connectivity index is 1.90. The summed E-state index contributed by atoms with van der Waals surface area (Å²) in [5.74, 6) is -0.442. The van der Waals surface area contributed by atoms with E-state index in [2.05, 4.69) is 0 Å². The van der Waals surface area contributed by atoms with Gasteiger partial charge in [0, 0.05) is 12.3 Å². The van der Waals surface area contributed by atoms with Gasteiger partial charge in [0.05, 0.1) is 6.04 Å². The third-order valence-corrected chi connectivity index (χ3v) is 5.24. The Morgan fingerprint density at radius 3 is 2.29 bits per heavy atom. The summed E-state index contributed by atoms with van der Waals surface area (Å²) in [6.45, 7) is 2.16. The molecule has 2 aromatic carbocycles. The van der Waals surface area contributed by atoms with E-state index in [1.807, 2.05) is 67.6 Å². The van der Waals surface area contributed by atoms with Crippen molar-refractivity contribution in [1.29, 1.82) is 0 Å². The maximum Gasteiger partial charge on any atom is 0.337 e. The van der Waals surface area contributed by atoms with Gasteiger partial charge in [-0.15, -0.1) is 0 Å². The van der Waals surface area contributed by atoms with Gasteiger partial charge in [-0.3, -0.25) is 4.79 Å². The molecule has 3 atom stereocenters. The highest BCUT2D eigenvalue weighted by molar-refractivity contribution is 5.94. The minimum atomic E-state index is -1.03. The molecule has 0 saturated carbocycles. The average Bonchev–Trinajstić information content (AvgIpc) is 2.89. The number of rotatable bonds is 2. The summed E-state index contributed by atoms with van der Waals surface area (Å²) in [6.07, 6.45) is 0.354. The highest BCUT2D eigenvalue weighted by Crippen LogP contribution is 2.51. The van der Waals surface area contributed by atoms with Crippen molar-refractivity contribution < 1.29 is 14.3 Å². The maximum absolute atomic E-state index is 12.9. The van der Waals surface area contributed by atoms with Gasteiger partial charge in [0.25, 0.3) is 0 Å². The number of esters is 1. The molecule has 2 saturated heterocycles. The van der Waals surface area contributed by atoms with Gasteiger partial charge < -0.3 is 9.64 Å². The highest BCUT2D eigenvalue weighted by atomic mass is 16.5. The number of carbonyl (C=O) groups is 2. The van der Waals surface area contributed by atoms with Crippen LogP contribution in [0.5, 0.6) is 0 Å². The second kappa shape index (κ2) is 5.48. The van der Waals surface area contributed by atoms with Gasteiger partial charge in [0.2, 0.25) is 5.91 Å². The molecular formula is C20H19NO3. The molecule has 24 heavy (non-hydrogen) atoms. The van der Waals surface area contributed by atoms with Crippen LogP contribution in [0.1, 0.15) is 30.5 Å². The minimum absolute atomic E-state index is 0.0110. The molecule has 0 spiro atoms. The van der Waals surface area contributed by atoms with Crippen molar-refractivity contribution in [2.45, 2.75) is 24.9 Å². The topological polar surface area (TPSA) is 46.6 Å². The number of benzene rings is 2. The monoisotopic (exact) mass is 321 g/mol. The molecule has 0 aromatic heterocycles. The van der Waals surface area contributed by atoms with Crippen LogP contribution in [0, 0.1) is 5.92 Å². The zero-order chi connectivity index (χ0) is 16.7. The summed E-state index contributed by atoms with van der Waals surface area (Å²) in [4.78, 5) is 27.5. The minimum Gasteiger partial charge on any atom is -0.461 e. The number of morpholine rings is 1. The summed E-state index contributed by atoms with van der Waals surface area (Å²) in [5.41, 5.74) is 0.790. The number of cyclic esters (lactones) is 1. The number of hydrogen-bond acceptors (Lipinski definition) is 3. The molecule has 4 nitrogen and oxygen atoms in total. The van der Waals surface area contributed by atoms with Crippen LogP contribution in [0.2, 0.25) is 0 Å². The first kappa shape index (κ1) is 14.9. The molecule has 122 valence electrons. The molecule has 0 bridgehead atoms. The van der Waals surface area contributed by atoms with Crippen LogP contribution in [0.25, 0.3) is 0 Å². The standard InChI is InChI=1S/C20H19NO3/c1-14-12-18(22)21-17(15-8-4-2-5-9-15)13-24-19(23)20(14,21)16-10-6-3-7-11-16/h2-11,14,17H,12-13H2,1H3/t14-,17+,20+/m1/s1. The van der Waals surface area contributed by atoms with Crippen LogP contribution in [0.4, 0.5) is 0 Å². The predicted molar refractivity (Wildman–Crippen MR) is 88.9 cm³/mol. The van der Waals surface area contributed by atoms with Crippen LogP contribution >= 0.6 is 0 Å². The van der Waals surface area contributed by atoms with E-state index in [4.69, 9.17) is 4.74 Å². The Morgan fingerprint density at radius 2 is 1.62 bits per heavy atom. The molecule has 0 N–H and O–H groups in total. The molecule has 1 amide bonds. The summed E-state index contributed by atoms with van der Waals surface area (Å²) in [6, 6.07) is 19.1. The lowest BCUT2D eigenvalue weighted by Gasteiger charge is -2.47. The summed E-state index contributed by atoms with van der Waals surface area (Å²) < 4.78 is 5.60. The molecule has 4 heteroatoms. The van der Waals surface area contributed by atoms with Crippen molar-refractivity contribution in [3.8, 4) is 0 Å². The van der Waals surface area contributed by atoms with Crippen LogP contribution in [0.15, 0.2) is 60.7 Å². The number of nitrogens with zero attached hydrogens (tertiary/aromatic N) is 1. The molecule has 0 radical (unpaired) electrons. The van der Waals surface area contributed by atoms with Crippen molar-refractivity contribution in [1.82, 2.24) is 4.90 Å². The van der Waals surface area contributed by atoms with Gasteiger partial charge in [-0.25, -0.2) is 4.79 Å². The number of ether oxygens (including phenoxy) is 1. The van der Waals surface area contributed by atoms with Crippen LogP contribution < -0.4 is 0 Å². The number of carbonyl (C=O) groups excluding carboxylic acids is 2. The SMILES string of the molecule is C[C@@H]1CC(=O)N2[C@H](c3ccccc3)COC(=O)[C@@]12c1ccccc1. The number of amides is 1. The molecule has 4 rings (SSSR count). The molecular weight excluding hydrogens is 302 g/mol. The summed E-state index contributed by atoms with van der Waals surface area (Å²) >= 11 is 0. The summed E-state index contributed by atoms with van der Waals surface area (Å²) in [7, 11) is 0. The van der Waals surface area contributed by atoms with Crippen molar-refractivity contribution in [3.05, 3.63) is 71.8 Å². The normalized spacial score (nSPS) is 29.3. The molecule has 2 fully saturated rings. The maximum atomic E-state index is 12.9. The Hall–Kier alpha value is -2.62. The number of fused-ring (bicyclic) bond motifs is 1.